The van der Waals surface area contributed by atoms with E-state index in [1.165, 1.54) is 0 Å². The Labute approximate surface area is 138 Å². The van der Waals surface area contributed by atoms with Gasteiger partial charge < -0.3 is 19.9 Å². The number of anilines is 2. The molecule has 6 heteroatoms. The summed E-state index contributed by atoms with van der Waals surface area (Å²) in [5, 5.41) is 3.54. The van der Waals surface area contributed by atoms with Crippen molar-refractivity contribution in [3.05, 3.63) is 18.3 Å². The van der Waals surface area contributed by atoms with E-state index in [1.807, 2.05) is 43.1 Å². The molecule has 1 aliphatic rings. The molecule has 0 aromatic carbocycles. The third-order valence-electron chi connectivity index (χ3n) is 4.09. The lowest BCUT2D eigenvalue weighted by atomic mass is 10.1. The Morgan fingerprint density at radius 2 is 2.22 bits per heavy atom. The number of likely N-dealkylation sites (tertiary alicyclic amines) is 1. The van der Waals surface area contributed by atoms with Crippen LogP contribution in [0.5, 0.6) is 0 Å². The fourth-order valence-corrected chi connectivity index (χ4v) is 2.74. The molecule has 1 aromatic rings. The van der Waals surface area contributed by atoms with E-state index in [9.17, 15) is 4.79 Å². The molecule has 1 amide bonds. The molecule has 23 heavy (non-hydrogen) atoms. The lowest BCUT2D eigenvalue weighted by Crippen LogP contribution is -2.35. The predicted molar refractivity (Wildman–Crippen MR) is 92.9 cm³/mol. The van der Waals surface area contributed by atoms with Gasteiger partial charge in [-0.2, -0.15) is 0 Å². The minimum Gasteiger partial charge on any atom is -0.381 e. The molecule has 2 rings (SSSR count). The van der Waals surface area contributed by atoms with Gasteiger partial charge in [0.1, 0.15) is 12.4 Å². The number of carbonyl (C=O) groups excluding carboxylic acids is 1. The lowest BCUT2D eigenvalue weighted by Gasteiger charge is -2.21. The number of nitrogens with zero attached hydrogens (tertiary/aromatic N) is 3. The summed E-state index contributed by atoms with van der Waals surface area (Å²) < 4.78 is 5.22. The predicted octanol–water partition coefficient (Wildman–Crippen LogP) is 1.98. The first-order chi connectivity index (χ1) is 11.1. The van der Waals surface area contributed by atoms with Crippen molar-refractivity contribution in [2.24, 2.45) is 0 Å². The Morgan fingerprint density at radius 1 is 1.39 bits per heavy atom. The molecule has 128 valence electrons. The Kier molecular flexibility index (Phi) is 6.65. The summed E-state index contributed by atoms with van der Waals surface area (Å²) in [6.07, 6.45) is 4.90. The van der Waals surface area contributed by atoms with Crippen molar-refractivity contribution in [1.29, 1.82) is 0 Å². The first-order valence-corrected chi connectivity index (χ1v) is 8.35. The highest BCUT2D eigenvalue weighted by Crippen LogP contribution is 2.18. The molecule has 0 spiro atoms. The number of carbonyl (C=O) groups is 1. The van der Waals surface area contributed by atoms with Gasteiger partial charge in [-0.1, -0.05) is 0 Å². The highest BCUT2D eigenvalue weighted by molar-refractivity contribution is 5.77. The number of aromatic nitrogens is 1. The van der Waals surface area contributed by atoms with E-state index >= 15 is 0 Å². The van der Waals surface area contributed by atoms with Crippen LogP contribution in [0.1, 0.15) is 26.2 Å². The number of amides is 1. The van der Waals surface area contributed by atoms with Crippen molar-refractivity contribution >= 4 is 17.4 Å². The van der Waals surface area contributed by atoms with Crippen LogP contribution in [0, 0.1) is 0 Å². The van der Waals surface area contributed by atoms with E-state index in [4.69, 9.17) is 4.74 Å². The molecule has 1 aliphatic heterocycles. The van der Waals surface area contributed by atoms with Crippen LogP contribution in [0.3, 0.4) is 0 Å². The van der Waals surface area contributed by atoms with Crippen LogP contribution >= 0.6 is 0 Å². The Bertz CT molecular complexity index is 490. The minimum absolute atomic E-state index is 0.101. The van der Waals surface area contributed by atoms with Crippen LogP contribution in [-0.2, 0) is 9.53 Å². The van der Waals surface area contributed by atoms with E-state index in [0.29, 0.717) is 12.6 Å². The van der Waals surface area contributed by atoms with E-state index < -0.39 is 0 Å². The zero-order valence-corrected chi connectivity index (χ0v) is 14.4. The Morgan fingerprint density at radius 3 is 2.87 bits per heavy atom. The molecule has 2 heterocycles. The van der Waals surface area contributed by atoms with Gasteiger partial charge >= 0.3 is 0 Å². The van der Waals surface area contributed by atoms with Crippen LogP contribution in [-0.4, -0.2) is 62.2 Å². The van der Waals surface area contributed by atoms with Crippen LogP contribution in [0.2, 0.25) is 0 Å². The van der Waals surface area contributed by atoms with Crippen molar-refractivity contribution in [2.75, 3.05) is 50.6 Å². The van der Waals surface area contributed by atoms with Gasteiger partial charge in [0, 0.05) is 39.8 Å². The average molecular weight is 320 g/mol. The molecule has 6 nitrogen and oxygen atoms in total. The van der Waals surface area contributed by atoms with Crippen LogP contribution in [0.25, 0.3) is 0 Å². The summed E-state index contributed by atoms with van der Waals surface area (Å²) in [4.78, 5) is 20.4. The quantitative estimate of drug-likeness (QED) is 0.868. The standard InChI is InChI=1S/C17H28N4O2/c1-4-23-13-17(22)21-10-5-6-14(9-11-21)19-15-7-8-16(18-12-15)20(2)3/h7-8,12,14,19H,4-6,9-11,13H2,1-3H3/t14-/m0/s1. The molecule has 1 saturated heterocycles. The smallest absolute Gasteiger partial charge is 0.248 e. The second-order valence-corrected chi connectivity index (χ2v) is 6.09. The van der Waals surface area contributed by atoms with Crippen molar-refractivity contribution < 1.29 is 9.53 Å². The summed E-state index contributed by atoms with van der Waals surface area (Å²) >= 11 is 0. The number of rotatable bonds is 6. The summed E-state index contributed by atoms with van der Waals surface area (Å²) in [6.45, 7) is 4.30. The topological polar surface area (TPSA) is 57.7 Å². The maximum absolute atomic E-state index is 12.0. The third kappa shape index (κ3) is 5.39. The normalized spacial score (nSPS) is 18.4. The molecule has 0 aliphatic carbocycles. The van der Waals surface area contributed by atoms with E-state index in [0.717, 1.165) is 43.9 Å². The van der Waals surface area contributed by atoms with Gasteiger partial charge in [-0.3, -0.25) is 4.79 Å². The molecule has 1 aromatic heterocycles. The fraction of sp³-hybridized carbons (Fsp3) is 0.647. The van der Waals surface area contributed by atoms with Gasteiger partial charge in [0.2, 0.25) is 5.91 Å². The van der Waals surface area contributed by atoms with E-state index in [-0.39, 0.29) is 12.5 Å². The van der Waals surface area contributed by atoms with Crippen molar-refractivity contribution in [3.63, 3.8) is 0 Å². The third-order valence-corrected chi connectivity index (χ3v) is 4.09. The Balaban J connectivity index is 1.84. The zero-order chi connectivity index (χ0) is 16.7. The van der Waals surface area contributed by atoms with Crippen molar-refractivity contribution in [1.82, 2.24) is 9.88 Å². The summed E-state index contributed by atoms with van der Waals surface area (Å²) in [5.74, 6) is 1.05. The fourth-order valence-electron chi connectivity index (χ4n) is 2.74. The maximum atomic E-state index is 12.0. The van der Waals surface area contributed by atoms with E-state index in [2.05, 4.69) is 16.4 Å². The van der Waals surface area contributed by atoms with E-state index in [1.54, 1.807) is 0 Å². The van der Waals surface area contributed by atoms with Crippen LogP contribution < -0.4 is 10.2 Å². The van der Waals surface area contributed by atoms with Gasteiger partial charge in [0.15, 0.2) is 0 Å². The molecule has 1 fully saturated rings. The first-order valence-electron chi connectivity index (χ1n) is 8.35. The maximum Gasteiger partial charge on any atom is 0.248 e. The number of ether oxygens (including phenoxy) is 1. The van der Waals surface area contributed by atoms with Crippen LogP contribution in [0.4, 0.5) is 11.5 Å². The summed E-state index contributed by atoms with van der Waals surface area (Å²) in [5.41, 5.74) is 1.04. The monoisotopic (exact) mass is 320 g/mol. The number of nitrogens with one attached hydrogen (secondary N) is 1. The highest BCUT2D eigenvalue weighted by atomic mass is 16.5. The molecule has 0 unspecified atom stereocenters. The Hall–Kier alpha value is -1.82. The van der Waals surface area contributed by atoms with Crippen molar-refractivity contribution in [2.45, 2.75) is 32.2 Å². The van der Waals surface area contributed by atoms with Gasteiger partial charge in [0.05, 0.1) is 11.9 Å². The molecule has 0 bridgehead atoms. The summed E-state index contributed by atoms with van der Waals surface area (Å²) in [6, 6.07) is 4.45. The first kappa shape index (κ1) is 17.5. The largest absolute Gasteiger partial charge is 0.381 e. The highest BCUT2D eigenvalue weighted by Gasteiger charge is 2.20. The zero-order valence-electron chi connectivity index (χ0n) is 14.4. The molecule has 1 N–H and O–H groups in total. The molecule has 0 saturated carbocycles. The summed E-state index contributed by atoms with van der Waals surface area (Å²) in [7, 11) is 3.96. The van der Waals surface area contributed by atoms with Gasteiger partial charge in [-0.15, -0.1) is 0 Å². The minimum atomic E-state index is 0.101. The lowest BCUT2D eigenvalue weighted by molar-refractivity contribution is -0.135. The second kappa shape index (κ2) is 8.72. The number of hydrogen-bond donors (Lipinski definition) is 1. The van der Waals surface area contributed by atoms with Gasteiger partial charge in [-0.05, 0) is 38.3 Å². The average Bonchev–Trinajstić information content (AvgIpc) is 2.79. The van der Waals surface area contributed by atoms with Gasteiger partial charge in [0.25, 0.3) is 0 Å². The number of hydrogen-bond acceptors (Lipinski definition) is 5. The SMILES string of the molecule is CCOCC(=O)N1CCC[C@H](Nc2ccc(N(C)C)nc2)CC1. The molecule has 1 atom stereocenters. The van der Waals surface area contributed by atoms with Crippen LogP contribution in [0.15, 0.2) is 18.3 Å². The molecular formula is C17H28N4O2. The number of pyridine rings is 1. The second-order valence-electron chi connectivity index (χ2n) is 6.09. The van der Waals surface area contributed by atoms with Crippen molar-refractivity contribution in [3.8, 4) is 0 Å². The molecule has 0 radical (unpaired) electrons. The molecular weight excluding hydrogens is 292 g/mol. The van der Waals surface area contributed by atoms with Gasteiger partial charge in [-0.25, -0.2) is 4.98 Å².